The molecule has 41 heavy (non-hydrogen) atoms. The maximum Gasteiger partial charge on any atom is 0.271 e. The number of para-hydroxylation sites is 3. The van der Waals surface area contributed by atoms with Gasteiger partial charge in [-0.3, -0.25) is 19.4 Å². The van der Waals surface area contributed by atoms with Crippen LogP contribution in [0.4, 0.5) is 17.3 Å². The van der Waals surface area contributed by atoms with Gasteiger partial charge in [0.15, 0.2) is 11.6 Å². The van der Waals surface area contributed by atoms with Crippen LogP contribution in [0.2, 0.25) is 0 Å². The van der Waals surface area contributed by atoms with Crippen LogP contribution >= 0.6 is 0 Å². The van der Waals surface area contributed by atoms with Crippen LogP contribution in [-0.2, 0) is 9.59 Å². The third-order valence-corrected chi connectivity index (χ3v) is 7.74. The van der Waals surface area contributed by atoms with Gasteiger partial charge in [0.1, 0.15) is 17.5 Å². The second-order valence-corrected chi connectivity index (χ2v) is 10.9. The maximum absolute atomic E-state index is 13.4. The highest BCUT2D eigenvalue weighted by atomic mass is 16.2. The Balaban J connectivity index is 1.81. The number of benzene rings is 2. The van der Waals surface area contributed by atoms with E-state index in [1.54, 1.807) is 19.9 Å². The molecule has 0 bridgehead atoms. The molecular weight excluding hydrogens is 512 g/mol. The Morgan fingerprint density at radius 1 is 0.878 bits per heavy atom. The minimum atomic E-state index is -0.554. The third-order valence-electron chi connectivity index (χ3n) is 7.74. The third kappa shape index (κ3) is 4.48. The fourth-order valence-electron chi connectivity index (χ4n) is 5.50. The summed E-state index contributed by atoms with van der Waals surface area (Å²) in [7, 11) is 1.94. The summed E-state index contributed by atoms with van der Waals surface area (Å²) in [6.07, 6.45) is 3.58. The smallest absolute Gasteiger partial charge is 0.271 e. The van der Waals surface area contributed by atoms with E-state index >= 15 is 0 Å². The Morgan fingerprint density at radius 2 is 1.46 bits per heavy atom. The standard InChI is InChI=1S/C33H34N6O2/c1-8-38-32(40)24(21(6)25(18-34)33(38)41)16-17-28-37(7)30-31(36-27-15-10-9-14-26(27)35-30)39(28)29-22(19(2)3)12-11-13-23(29)20(4)5/h9-17,19-20H,8H2,1-7H3/b24-16-,28-17+. The molecule has 1 aromatic heterocycles. The topological polar surface area (TPSA) is 93.4 Å². The summed E-state index contributed by atoms with van der Waals surface area (Å²) in [5.41, 5.74) is 5.63. The predicted molar refractivity (Wildman–Crippen MR) is 162 cm³/mol. The highest BCUT2D eigenvalue weighted by Gasteiger charge is 2.37. The lowest BCUT2D eigenvalue weighted by molar-refractivity contribution is -0.140. The van der Waals surface area contributed by atoms with Gasteiger partial charge >= 0.3 is 0 Å². The zero-order chi connectivity index (χ0) is 29.6. The predicted octanol–water partition coefficient (Wildman–Crippen LogP) is 6.46. The van der Waals surface area contributed by atoms with Crippen molar-refractivity contribution in [2.24, 2.45) is 0 Å². The van der Waals surface area contributed by atoms with Crippen molar-refractivity contribution in [2.45, 2.75) is 53.4 Å². The zero-order valence-electron chi connectivity index (χ0n) is 24.6. The van der Waals surface area contributed by atoms with Gasteiger partial charge in [-0.15, -0.1) is 0 Å². The van der Waals surface area contributed by atoms with Crippen molar-refractivity contribution in [3.63, 3.8) is 0 Å². The summed E-state index contributed by atoms with van der Waals surface area (Å²) in [6.45, 7) is 12.3. The molecule has 0 atom stereocenters. The van der Waals surface area contributed by atoms with E-state index in [1.807, 2.05) is 48.4 Å². The molecule has 8 nitrogen and oxygen atoms in total. The summed E-state index contributed by atoms with van der Waals surface area (Å²) in [4.78, 5) is 41.4. The van der Waals surface area contributed by atoms with Crippen LogP contribution in [0.15, 0.2) is 77.2 Å². The van der Waals surface area contributed by atoms with Gasteiger partial charge in [0.25, 0.3) is 11.8 Å². The second kappa shape index (κ2) is 10.7. The molecule has 2 amide bonds. The number of amides is 2. The number of hydrogen-bond acceptors (Lipinski definition) is 7. The van der Waals surface area contributed by atoms with Crippen LogP contribution in [0.25, 0.3) is 11.0 Å². The molecule has 2 aromatic carbocycles. The number of nitrogens with zero attached hydrogens (tertiary/aromatic N) is 6. The number of hydrogen-bond donors (Lipinski definition) is 0. The molecule has 0 aliphatic carbocycles. The number of aromatic nitrogens is 2. The molecule has 0 unspecified atom stereocenters. The Labute approximate surface area is 240 Å². The maximum atomic E-state index is 13.4. The Bertz CT molecular complexity index is 1700. The van der Waals surface area contributed by atoms with E-state index in [2.05, 4.69) is 50.8 Å². The van der Waals surface area contributed by atoms with E-state index in [9.17, 15) is 14.9 Å². The molecule has 2 aliphatic heterocycles. The average Bonchev–Trinajstić information content (AvgIpc) is 3.21. The molecule has 5 rings (SSSR count). The SMILES string of the molecule is CCN1C(=O)C(C#N)=C(C)/C(=C/C=C2\N(C)c3nc4ccccc4nc3N2c2c(C(C)C)cccc2C(C)C)C1=O. The van der Waals surface area contributed by atoms with Crippen LogP contribution in [-0.4, -0.2) is 40.3 Å². The van der Waals surface area contributed by atoms with Gasteiger partial charge in [-0.25, -0.2) is 9.97 Å². The monoisotopic (exact) mass is 546 g/mol. The van der Waals surface area contributed by atoms with Crippen molar-refractivity contribution in [2.75, 3.05) is 23.4 Å². The molecule has 208 valence electrons. The van der Waals surface area contributed by atoms with Crippen molar-refractivity contribution in [1.82, 2.24) is 14.9 Å². The largest absolute Gasteiger partial charge is 0.312 e. The second-order valence-electron chi connectivity index (χ2n) is 10.9. The number of allylic oxidation sites excluding steroid dienone is 2. The van der Waals surface area contributed by atoms with Gasteiger partial charge in [-0.1, -0.05) is 58.0 Å². The first-order valence-corrected chi connectivity index (χ1v) is 13.9. The van der Waals surface area contributed by atoms with Gasteiger partial charge in [-0.2, -0.15) is 5.26 Å². The summed E-state index contributed by atoms with van der Waals surface area (Å²) in [5.74, 6) is 1.67. The number of anilines is 3. The summed E-state index contributed by atoms with van der Waals surface area (Å²) >= 11 is 0. The van der Waals surface area contributed by atoms with Crippen LogP contribution < -0.4 is 9.80 Å². The van der Waals surface area contributed by atoms with E-state index in [1.165, 1.54) is 11.1 Å². The van der Waals surface area contributed by atoms with E-state index in [-0.39, 0.29) is 24.0 Å². The van der Waals surface area contributed by atoms with Gasteiger partial charge in [0, 0.05) is 19.2 Å². The summed E-state index contributed by atoms with van der Waals surface area (Å²) in [6, 6.07) is 16.2. The number of carbonyl (C=O) groups excluding carboxylic acids is 2. The molecule has 0 saturated carbocycles. The van der Waals surface area contributed by atoms with Crippen LogP contribution in [0.1, 0.15) is 64.5 Å². The lowest BCUT2D eigenvalue weighted by atomic mass is 9.92. The van der Waals surface area contributed by atoms with E-state index in [0.29, 0.717) is 22.8 Å². The molecule has 3 aromatic rings. The molecule has 2 aliphatic rings. The van der Waals surface area contributed by atoms with Crippen molar-refractivity contribution < 1.29 is 9.59 Å². The van der Waals surface area contributed by atoms with Gasteiger partial charge < -0.3 is 4.90 Å². The molecule has 0 fully saturated rings. The fraction of sp³-hybridized carbons (Fsp3) is 0.303. The van der Waals surface area contributed by atoms with Crippen molar-refractivity contribution in [3.05, 3.63) is 88.3 Å². The highest BCUT2D eigenvalue weighted by Crippen LogP contribution is 2.48. The van der Waals surface area contributed by atoms with Crippen molar-refractivity contribution in [3.8, 4) is 6.07 Å². The fourth-order valence-corrected chi connectivity index (χ4v) is 5.50. The Morgan fingerprint density at radius 3 is 2.00 bits per heavy atom. The van der Waals surface area contributed by atoms with E-state index in [4.69, 9.17) is 9.97 Å². The molecule has 3 heterocycles. The van der Waals surface area contributed by atoms with Crippen LogP contribution in [0, 0.1) is 11.3 Å². The molecule has 0 spiro atoms. The van der Waals surface area contributed by atoms with Crippen molar-refractivity contribution in [1.29, 1.82) is 5.26 Å². The lowest BCUT2D eigenvalue weighted by Gasteiger charge is -2.29. The first-order valence-electron chi connectivity index (χ1n) is 13.9. The normalized spacial score (nSPS) is 17.6. The Hall–Kier alpha value is -4.77. The van der Waals surface area contributed by atoms with Gasteiger partial charge in [0.2, 0.25) is 0 Å². The quantitative estimate of drug-likeness (QED) is 0.268. The van der Waals surface area contributed by atoms with E-state index in [0.717, 1.165) is 27.4 Å². The van der Waals surface area contributed by atoms with Crippen molar-refractivity contribution >= 4 is 40.2 Å². The first-order chi connectivity index (χ1) is 19.6. The first kappa shape index (κ1) is 27.8. The number of rotatable bonds is 5. The number of fused-ring (bicyclic) bond motifs is 2. The number of imide groups is 1. The van der Waals surface area contributed by atoms with Crippen LogP contribution in [0.3, 0.4) is 0 Å². The van der Waals surface area contributed by atoms with E-state index < -0.39 is 11.8 Å². The molecule has 0 saturated heterocycles. The summed E-state index contributed by atoms with van der Waals surface area (Å²) in [5, 5.41) is 9.70. The zero-order valence-corrected chi connectivity index (χ0v) is 24.6. The minimum absolute atomic E-state index is 0.0159. The van der Waals surface area contributed by atoms with Gasteiger partial charge in [0.05, 0.1) is 16.7 Å². The molecule has 8 heteroatoms. The minimum Gasteiger partial charge on any atom is -0.312 e. The summed E-state index contributed by atoms with van der Waals surface area (Å²) < 4.78 is 0. The lowest BCUT2D eigenvalue weighted by Crippen LogP contribution is -2.42. The number of carbonyl (C=O) groups is 2. The molecule has 0 N–H and O–H groups in total. The Kier molecular flexibility index (Phi) is 7.22. The molecular formula is C33H34N6O2. The number of likely N-dealkylation sites (N-methyl/N-ethyl adjacent to an activating group) is 1. The number of nitriles is 1. The van der Waals surface area contributed by atoms with Crippen LogP contribution in [0.5, 0.6) is 0 Å². The molecule has 0 radical (unpaired) electrons. The van der Waals surface area contributed by atoms with Gasteiger partial charge in [-0.05, 0) is 66.7 Å². The highest BCUT2D eigenvalue weighted by molar-refractivity contribution is 6.18. The average molecular weight is 547 g/mol.